The van der Waals surface area contributed by atoms with Crippen LogP contribution in [0.2, 0.25) is 0 Å². The van der Waals surface area contributed by atoms with Gasteiger partial charge in [0.1, 0.15) is 23.2 Å². The molecule has 1 saturated carbocycles. The molecule has 0 saturated heterocycles. The van der Waals surface area contributed by atoms with E-state index >= 15 is 0 Å². The summed E-state index contributed by atoms with van der Waals surface area (Å²) in [6, 6.07) is 8.37. The molecule has 0 amide bonds. The first-order chi connectivity index (χ1) is 10.1. The van der Waals surface area contributed by atoms with Gasteiger partial charge in [-0.05, 0) is 49.2 Å². The van der Waals surface area contributed by atoms with Gasteiger partial charge in [0, 0.05) is 6.04 Å². The number of nitrogens with zero attached hydrogens (tertiary/aromatic N) is 2. The first-order valence-electron chi connectivity index (χ1n) is 6.80. The van der Waals surface area contributed by atoms with Gasteiger partial charge in [0.05, 0.1) is 16.6 Å². The fourth-order valence-electron chi connectivity index (χ4n) is 2.65. The Hall–Kier alpha value is -2.43. The lowest BCUT2D eigenvalue weighted by Gasteiger charge is -2.09. The van der Waals surface area contributed by atoms with Gasteiger partial charge >= 0.3 is 0 Å². The Bertz CT molecular complexity index is 853. The summed E-state index contributed by atoms with van der Waals surface area (Å²) in [5.41, 5.74) is 1.65. The van der Waals surface area contributed by atoms with Crippen LogP contribution >= 0.6 is 0 Å². The summed E-state index contributed by atoms with van der Waals surface area (Å²) in [4.78, 5) is 4.46. The van der Waals surface area contributed by atoms with Gasteiger partial charge in [-0.15, -0.1) is 0 Å². The summed E-state index contributed by atoms with van der Waals surface area (Å²) in [7, 11) is 0. The standard InChI is InChI=1S/C16H12F2N2O/c17-9-2-6-15(21)12(7-9)16-19-13-5-1-10(18)8-14(13)20(16)11-3-4-11/h1-2,5-8,11,21H,3-4H2. The zero-order chi connectivity index (χ0) is 14.6. The number of phenols is 1. The number of fused-ring (bicyclic) bond motifs is 1. The van der Waals surface area contributed by atoms with E-state index in [0.717, 1.165) is 12.8 Å². The molecule has 1 N–H and O–H groups in total. The number of aromatic hydroxyl groups is 1. The molecule has 1 aliphatic rings. The second-order valence-electron chi connectivity index (χ2n) is 5.33. The smallest absolute Gasteiger partial charge is 0.145 e. The van der Waals surface area contributed by atoms with E-state index in [-0.39, 0.29) is 17.6 Å². The van der Waals surface area contributed by atoms with Crippen molar-refractivity contribution in [3.05, 3.63) is 48.0 Å². The van der Waals surface area contributed by atoms with Gasteiger partial charge in [-0.25, -0.2) is 13.8 Å². The van der Waals surface area contributed by atoms with Gasteiger partial charge in [0.25, 0.3) is 0 Å². The number of halogens is 2. The molecule has 0 atom stereocenters. The van der Waals surface area contributed by atoms with Crippen LogP contribution < -0.4 is 0 Å². The molecule has 2 aromatic carbocycles. The van der Waals surface area contributed by atoms with Crippen LogP contribution in [0.25, 0.3) is 22.4 Å². The van der Waals surface area contributed by atoms with E-state index < -0.39 is 5.82 Å². The lowest BCUT2D eigenvalue weighted by Crippen LogP contribution is -1.98. The zero-order valence-electron chi connectivity index (χ0n) is 11.1. The quantitative estimate of drug-likeness (QED) is 0.772. The number of hydrogen-bond donors (Lipinski definition) is 1. The van der Waals surface area contributed by atoms with Crippen LogP contribution in [0.15, 0.2) is 36.4 Å². The molecule has 3 aromatic rings. The SMILES string of the molecule is Oc1ccc(F)cc1-c1nc2ccc(F)cc2n1C1CC1. The summed E-state index contributed by atoms with van der Waals surface area (Å²) in [6.45, 7) is 0. The average Bonchev–Trinajstić information content (AvgIpc) is 3.22. The molecule has 0 bridgehead atoms. The van der Waals surface area contributed by atoms with Crippen LogP contribution in [0.1, 0.15) is 18.9 Å². The topological polar surface area (TPSA) is 38.1 Å². The summed E-state index contributed by atoms with van der Waals surface area (Å²) < 4.78 is 28.9. The maximum absolute atomic E-state index is 13.5. The molecule has 0 unspecified atom stereocenters. The predicted octanol–water partition coefficient (Wildman–Crippen LogP) is 4.02. The Morgan fingerprint density at radius 2 is 1.76 bits per heavy atom. The zero-order valence-corrected chi connectivity index (χ0v) is 11.1. The maximum Gasteiger partial charge on any atom is 0.145 e. The first-order valence-corrected chi connectivity index (χ1v) is 6.80. The van der Waals surface area contributed by atoms with Crippen molar-refractivity contribution in [1.82, 2.24) is 9.55 Å². The molecule has 1 heterocycles. The minimum atomic E-state index is -0.441. The number of imidazole rings is 1. The van der Waals surface area contributed by atoms with Gasteiger partial charge in [0.2, 0.25) is 0 Å². The highest BCUT2D eigenvalue weighted by Gasteiger charge is 2.29. The molecule has 1 aromatic heterocycles. The van der Waals surface area contributed by atoms with Crippen LogP contribution in [0, 0.1) is 11.6 Å². The molecule has 4 rings (SSSR count). The molecule has 106 valence electrons. The number of aromatic nitrogens is 2. The number of benzene rings is 2. The Labute approximate surface area is 119 Å². The van der Waals surface area contributed by atoms with Crippen molar-refractivity contribution in [3.8, 4) is 17.1 Å². The van der Waals surface area contributed by atoms with E-state index in [2.05, 4.69) is 4.98 Å². The molecule has 0 aliphatic heterocycles. The summed E-state index contributed by atoms with van der Waals surface area (Å²) in [5.74, 6) is -0.327. The summed E-state index contributed by atoms with van der Waals surface area (Å²) >= 11 is 0. The van der Waals surface area contributed by atoms with Gasteiger partial charge in [-0.3, -0.25) is 0 Å². The van der Waals surface area contributed by atoms with Crippen molar-refractivity contribution in [2.24, 2.45) is 0 Å². The van der Waals surface area contributed by atoms with Crippen molar-refractivity contribution in [2.75, 3.05) is 0 Å². The molecule has 0 spiro atoms. The second-order valence-corrected chi connectivity index (χ2v) is 5.33. The molecule has 1 fully saturated rings. The first kappa shape index (κ1) is 12.3. The summed E-state index contributed by atoms with van der Waals surface area (Å²) in [5, 5.41) is 10.0. The third kappa shape index (κ3) is 1.96. The van der Waals surface area contributed by atoms with E-state index in [1.165, 1.54) is 30.3 Å². The molecule has 3 nitrogen and oxygen atoms in total. The second kappa shape index (κ2) is 4.28. The van der Waals surface area contributed by atoms with Crippen molar-refractivity contribution in [3.63, 3.8) is 0 Å². The molecule has 21 heavy (non-hydrogen) atoms. The van der Waals surface area contributed by atoms with E-state index in [1.807, 2.05) is 4.57 Å². The van der Waals surface area contributed by atoms with Gasteiger partial charge in [0.15, 0.2) is 0 Å². The average molecular weight is 286 g/mol. The van der Waals surface area contributed by atoms with Gasteiger partial charge < -0.3 is 9.67 Å². The van der Waals surface area contributed by atoms with E-state index in [1.54, 1.807) is 6.07 Å². The predicted molar refractivity (Wildman–Crippen MR) is 75.0 cm³/mol. The van der Waals surface area contributed by atoms with E-state index in [9.17, 15) is 13.9 Å². The van der Waals surface area contributed by atoms with Crippen LogP contribution in [0.4, 0.5) is 8.78 Å². The van der Waals surface area contributed by atoms with Crippen molar-refractivity contribution >= 4 is 11.0 Å². The normalized spacial score (nSPS) is 14.8. The Morgan fingerprint density at radius 1 is 1.05 bits per heavy atom. The number of hydrogen-bond acceptors (Lipinski definition) is 2. The Balaban J connectivity index is 2.04. The van der Waals surface area contributed by atoms with Crippen molar-refractivity contribution in [1.29, 1.82) is 0 Å². The fourth-order valence-corrected chi connectivity index (χ4v) is 2.65. The van der Waals surface area contributed by atoms with E-state index in [0.29, 0.717) is 22.4 Å². The third-order valence-corrected chi connectivity index (χ3v) is 3.76. The van der Waals surface area contributed by atoms with Crippen LogP contribution in [0.5, 0.6) is 5.75 Å². The van der Waals surface area contributed by atoms with Gasteiger partial charge in [-0.2, -0.15) is 0 Å². The Kier molecular flexibility index (Phi) is 2.51. The monoisotopic (exact) mass is 286 g/mol. The van der Waals surface area contributed by atoms with Crippen LogP contribution in [0.3, 0.4) is 0 Å². The highest BCUT2D eigenvalue weighted by atomic mass is 19.1. The molecular weight excluding hydrogens is 274 g/mol. The molecule has 0 radical (unpaired) electrons. The minimum Gasteiger partial charge on any atom is -0.507 e. The molecule has 1 aliphatic carbocycles. The molecule has 5 heteroatoms. The largest absolute Gasteiger partial charge is 0.507 e. The third-order valence-electron chi connectivity index (χ3n) is 3.76. The lowest BCUT2D eigenvalue weighted by atomic mass is 10.2. The maximum atomic E-state index is 13.5. The number of phenolic OH excluding ortho intramolecular Hbond substituents is 1. The van der Waals surface area contributed by atoms with Crippen LogP contribution in [-0.2, 0) is 0 Å². The van der Waals surface area contributed by atoms with E-state index in [4.69, 9.17) is 0 Å². The minimum absolute atomic E-state index is 0.0333. The highest BCUT2D eigenvalue weighted by Crippen LogP contribution is 2.42. The Morgan fingerprint density at radius 3 is 2.52 bits per heavy atom. The lowest BCUT2D eigenvalue weighted by molar-refractivity contribution is 0.474. The fraction of sp³-hybridized carbons (Fsp3) is 0.188. The van der Waals surface area contributed by atoms with Crippen molar-refractivity contribution in [2.45, 2.75) is 18.9 Å². The van der Waals surface area contributed by atoms with Crippen LogP contribution in [-0.4, -0.2) is 14.7 Å². The highest BCUT2D eigenvalue weighted by molar-refractivity contribution is 5.82. The van der Waals surface area contributed by atoms with Gasteiger partial charge in [-0.1, -0.05) is 0 Å². The van der Waals surface area contributed by atoms with Crippen molar-refractivity contribution < 1.29 is 13.9 Å². The number of rotatable bonds is 2. The molecular formula is C16H12F2N2O. The summed E-state index contributed by atoms with van der Waals surface area (Å²) in [6.07, 6.45) is 1.95.